The van der Waals surface area contributed by atoms with Gasteiger partial charge in [-0.15, -0.1) is 0 Å². The fourth-order valence-corrected chi connectivity index (χ4v) is 1.76. The molecule has 16 heavy (non-hydrogen) atoms. The molecule has 2 rings (SSSR count). The Bertz CT molecular complexity index is 329. The van der Waals surface area contributed by atoms with Crippen molar-refractivity contribution >= 4 is 0 Å². The molecule has 0 saturated carbocycles. The molecule has 5 heteroatoms. The van der Waals surface area contributed by atoms with E-state index in [1.54, 1.807) is 12.4 Å². The first-order chi connectivity index (χ1) is 7.83. The molecule has 0 aromatic carbocycles. The maximum atomic E-state index is 8.90. The number of aliphatic hydroxyl groups is 1. The van der Waals surface area contributed by atoms with Gasteiger partial charge in [-0.1, -0.05) is 6.92 Å². The van der Waals surface area contributed by atoms with Gasteiger partial charge in [-0.3, -0.25) is 4.90 Å². The molecule has 0 amide bonds. The third-order valence-electron chi connectivity index (χ3n) is 2.79. The van der Waals surface area contributed by atoms with Crippen LogP contribution in [0.25, 0.3) is 0 Å². The van der Waals surface area contributed by atoms with Gasteiger partial charge in [0.2, 0.25) is 0 Å². The molecule has 0 aliphatic carbocycles. The van der Waals surface area contributed by atoms with Crippen LogP contribution in [0.15, 0.2) is 12.4 Å². The molecular formula is C11H17N3O2. The van der Waals surface area contributed by atoms with Crippen LogP contribution >= 0.6 is 0 Å². The number of morpholine rings is 1. The monoisotopic (exact) mass is 223 g/mol. The zero-order valence-corrected chi connectivity index (χ0v) is 9.46. The van der Waals surface area contributed by atoms with Crippen LogP contribution in [0.3, 0.4) is 0 Å². The highest BCUT2D eigenvalue weighted by molar-refractivity contribution is 5.05. The van der Waals surface area contributed by atoms with Crippen LogP contribution in [-0.2, 0) is 11.3 Å². The molecule has 88 valence electrons. The Morgan fingerprint density at radius 3 is 2.88 bits per heavy atom. The topological polar surface area (TPSA) is 58.5 Å². The van der Waals surface area contributed by atoms with Crippen LogP contribution in [0.5, 0.6) is 0 Å². The second-order valence-electron chi connectivity index (χ2n) is 3.86. The smallest absolute Gasteiger partial charge is 0.158 e. The fourth-order valence-electron chi connectivity index (χ4n) is 1.76. The summed E-state index contributed by atoms with van der Waals surface area (Å²) in [4.78, 5) is 10.8. The normalized spacial score (nSPS) is 22.2. The lowest BCUT2D eigenvalue weighted by Gasteiger charge is -2.31. The van der Waals surface area contributed by atoms with Gasteiger partial charge in [0.25, 0.3) is 0 Å². The molecule has 0 radical (unpaired) electrons. The van der Waals surface area contributed by atoms with Crippen LogP contribution in [0, 0.1) is 0 Å². The molecule has 1 fully saturated rings. The van der Waals surface area contributed by atoms with Crippen molar-refractivity contribution in [1.29, 1.82) is 0 Å². The number of hydrogen-bond donors (Lipinski definition) is 1. The average molecular weight is 223 g/mol. The molecule has 1 N–H and O–H groups in total. The van der Waals surface area contributed by atoms with E-state index in [0.29, 0.717) is 5.82 Å². The summed E-state index contributed by atoms with van der Waals surface area (Å²) in [6, 6.07) is 0. The Morgan fingerprint density at radius 2 is 2.25 bits per heavy atom. The van der Waals surface area contributed by atoms with E-state index in [1.165, 1.54) is 0 Å². The minimum atomic E-state index is -0.0403. The summed E-state index contributed by atoms with van der Waals surface area (Å²) in [5.41, 5.74) is 0.729. The number of hydrogen-bond acceptors (Lipinski definition) is 5. The predicted molar refractivity (Wildman–Crippen MR) is 58.8 cm³/mol. The Hall–Kier alpha value is -1.04. The Morgan fingerprint density at radius 1 is 1.50 bits per heavy atom. The van der Waals surface area contributed by atoms with E-state index in [2.05, 4.69) is 21.8 Å². The van der Waals surface area contributed by atoms with Crippen molar-refractivity contribution in [2.75, 3.05) is 26.2 Å². The van der Waals surface area contributed by atoms with Crippen molar-refractivity contribution in [2.45, 2.75) is 19.6 Å². The Balaban J connectivity index is 2.05. The van der Waals surface area contributed by atoms with Crippen molar-refractivity contribution in [3.05, 3.63) is 23.8 Å². The summed E-state index contributed by atoms with van der Waals surface area (Å²) in [5, 5.41) is 8.90. The van der Waals surface area contributed by atoms with Crippen molar-refractivity contribution in [1.82, 2.24) is 14.9 Å². The number of rotatable bonds is 3. The quantitative estimate of drug-likeness (QED) is 0.802. The second kappa shape index (κ2) is 5.34. The molecule has 1 aromatic heterocycles. The molecule has 1 aliphatic heterocycles. The molecule has 5 nitrogen and oxygen atoms in total. The van der Waals surface area contributed by atoms with Gasteiger partial charge in [0.15, 0.2) is 5.82 Å². The van der Waals surface area contributed by atoms with E-state index in [1.807, 2.05) is 0 Å². The highest BCUT2D eigenvalue weighted by Crippen LogP contribution is 2.18. The number of ether oxygens (including phenoxy) is 1. The van der Waals surface area contributed by atoms with E-state index >= 15 is 0 Å². The predicted octanol–water partition coefficient (Wildman–Crippen LogP) is 0.362. The summed E-state index contributed by atoms with van der Waals surface area (Å²) < 4.78 is 5.64. The first-order valence-corrected chi connectivity index (χ1v) is 5.59. The number of aromatic nitrogens is 2. The molecule has 1 aromatic rings. The van der Waals surface area contributed by atoms with Gasteiger partial charge in [-0.2, -0.15) is 0 Å². The lowest BCUT2D eigenvalue weighted by Crippen LogP contribution is -2.38. The Kier molecular flexibility index (Phi) is 3.82. The fraction of sp³-hybridized carbons (Fsp3) is 0.636. The zero-order valence-electron chi connectivity index (χ0n) is 9.46. The largest absolute Gasteiger partial charge is 0.392 e. The van der Waals surface area contributed by atoms with Gasteiger partial charge < -0.3 is 9.84 Å². The number of likely N-dealkylation sites (N-methyl/N-ethyl adjacent to an activating group) is 1. The molecule has 1 aliphatic rings. The van der Waals surface area contributed by atoms with Crippen LogP contribution in [-0.4, -0.2) is 46.2 Å². The van der Waals surface area contributed by atoms with Gasteiger partial charge >= 0.3 is 0 Å². The SMILES string of the molecule is CCN1CCOC(c2ncc(CO)cn2)C1. The van der Waals surface area contributed by atoms with Gasteiger partial charge in [-0.05, 0) is 6.54 Å². The molecule has 2 heterocycles. The van der Waals surface area contributed by atoms with Gasteiger partial charge in [0.05, 0.1) is 13.2 Å². The minimum Gasteiger partial charge on any atom is -0.392 e. The van der Waals surface area contributed by atoms with E-state index in [4.69, 9.17) is 9.84 Å². The minimum absolute atomic E-state index is 0.0209. The van der Waals surface area contributed by atoms with E-state index in [0.717, 1.165) is 31.8 Å². The number of nitrogens with zero attached hydrogens (tertiary/aromatic N) is 3. The Labute approximate surface area is 95.1 Å². The maximum absolute atomic E-state index is 8.90. The van der Waals surface area contributed by atoms with Crippen LogP contribution in [0.4, 0.5) is 0 Å². The van der Waals surface area contributed by atoms with Crippen LogP contribution in [0.2, 0.25) is 0 Å². The van der Waals surface area contributed by atoms with E-state index in [-0.39, 0.29) is 12.7 Å². The van der Waals surface area contributed by atoms with Crippen molar-refractivity contribution in [3.63, 3.8) is 0 Å². The number of aliphatic hydroxyl groups excluding tert-OH is 1. The summed E-state index contributed by atoms with van der Waals surface area (Å²) in [6.45, 7) is 5.68. The highest BCUT2D eigenvalue weighted by atomic mass is 16.5. The van der Waals surface area contributed by atoms with Crippen molar-refractivity contribution < 1.29 is 9.84 Å². The van der Waals surface area contributed by atoms with Crippen molar-refractivity contribution in [3.8, 4) is 0 Å². The first-order valence-electron chi connectivity index (χ1n) is 5.59. The van der Waals surface area contributed by atoms with Crippen LogP contribution < -0.4 is 0 Å². The molecule has 1 unspecified atom stereocenters. The highest BCUT2D eigenvalue weighted by Gasteiger charge is 2.22. The first kappa shape index (κ1) is 11.4. The third kappa shape index (κ3) is 2.55. The lowest BCUT2D eigenvalue weighted by molar-refractivity contribution is -0.0326. The lowest BCUT2D eigenvalue weighted by atomic mass is 10.2. The van der Waals surface area contributed by atoms with E-state index < -0.39 is 0 Å². The molecule has 0 spiro atoms. The third-order valence-corrected chi connectivity index (χ3v) is 2.79. The average Bonchev–Trinajstić information content (AvgIpc) is 2.39. The molecular weight excluding hydrogens is 206 g/mol. The summed E-state index contributed by atoms with van der Waals surface area (Å²) >= 11 is 0. The summed E-state index contributed by atoms with van der Waals surface area (Å²) in [5.74, 6) is 0.704. The van der Waals surface area contributed by atoms with Gasteiger partial charge in [-0.25, -0.2) is 9.97 Å². The summed E-state index contributed by atoms with van der Waals surface area (Å²) in [6.07, 6.45) is 3.26. The standard InChI is InChI=1S/C11H17N3O2/c1-2-14-3-4-16-10(7-14)11-12-5-9(8-15)6-13-11/h5-6,10,15H,2-4,7-8H2,1H3. The second-order valence-corrected chi connectivity index (χ2v) is 3.86. The molecule has 1 saturated heterocycles. The van der Waals surface area contributed by atoms with E-state index in [9.17, 15) is 0 Å². The van der Waals surface area contributed by atoms with Crippen LogP contribution in [0.1, 0.15) is 24.4 Å². The molecule has 0 bridgehead atoms. The zero-order chi connectivity index (χ0) is 11.4. The maximum Gasteiger partial charge on any atom is 0.158 e. The van der Waals surface area contributed by atoms with Crippen molar-refractivity contribution in [2.24, 2.45) is 0 Å². The van der Waals surface area contributed by atoms with Gasteiger partial charge in [0.1, 0.15) is 6.10 Å². The summed E-state index contributed by atoms with van der Waals surface area (Å²) in [7, 11) is 0. The molecule has 1 atom stereocenters. The van der Waals surface area contributed by atoms with Gasteiger partial charge in [0, 0.05) is 31.0 Å².